The average molecular weight is 326 g/mol. The molecule has 1 aliphatic carbocycles. The summed E-state index contributed by atoms with van der Waals surface area (Å²) in [4.78, 5) is 33.8. The van der Waals surface area contributed by atoms with E-state index < -0.39 is 0 Å². The topological polar surface area (TPSA) is 84.5 Å². The normalized spacial score (nSPS) is 15.0. The van der Waals surface area contributed by atoms with Crippen molar-refractivity contribution in [1.29, 1.82) is 0 Å². The van der Waals surface area contributed by atoms with Crippen LogP contribution in [0.3, 0.4) is 0 Å². The molecule has 0 saturated heterocycles. The molecule has 1 saturated carbocycles. The van der Waals surface area contributed by atoms with Gasteiger partial charge in [-0.1, -0.05) is 25.7 Å². The van der Waals surface area contributed by atoms with Crippen LogP contribution in [0.5, 0.6) is 0 Å². The number of rotatable bonds is 10. The van der Waals surface area contributed by atoms with Crippen molar-refractivity contribution in [2.75, 3.05) is 19.7 Å². The van der Waals surface area contributed by atoms with Gasteiger partial charge in [0.25, 0.3) is 5.91 Å². The zero-order chi connectivity index (χ0) is 16.9. The van der Waals surface area contributed by atoms with E-state index >= 15 is 0 Å². The van der Waals surface area contributed by atoms with Gasteiger partial charge in [-0.2, -0.15) is 0 Å². The summed E-state index contributed by atoms with van der Waals surface area (Å²) in [5, 5.41) is 5.55. The van der Waals surface area contributed by atoms with Gasteiger partial charge >= 0.3 is 5.97 Å². The monoisotopic (exact) mass is 326 g/mol. The van der Waals surface area contributed by atoms with Gasteiger partial charge in [-0.25, -0.2) is 0 Å². The molecule has 0 aromatic rings. The molecule has 0 heterocycles. The minimum absolute atomic E-state index is 0.0383. The van der Waals surface area contributed by atoms with Gasteiger partial charge in [0.15, 0.2) is 6.61 Å². The molecule has 0 unspecified atom stereocenters. The zero-order valence-corrected chi connectivity index (χ0v) is 14.2. The highest BCUT2D eigenvalue weighted by atomic mass is 16.5. The zero-order valence-electron chi connectivity index (χ0n) is 14.2. The van der Waals surface area contributed by atoms with Crippen LogP contribution in [0.1, 0.15) is 64.7 Å². The van der Waals surface area contributed by atoms with E-state index in [2.05, 4.69) is 10.6 Å². The predicted octanol–water partition coefficient (Wildman–Crippen LogP) is 1.92. The summed E-state index contributed by atoms with van der Waals surface area (Å²) in [6, 6.07) is 0. The van der Waals surface area contributed by atoms with Crippen LogP contribution in [0.2, 0.25) is 0 Å². The average Bonchev–Trinajstić information content (AvgIpc) is 2.55. The molecule has 0 aliphatic heterocycles. The van der Waals surface area contributed by atoms with Gasteiger partial charge in [-0.15, -0.1) is 0 Å². The maximum Gasteiger partial charge on any atom is 0.306 e. The summed E-state index contributed by atoms with van der Waals surface area (Å²) in [6.45, 7) is 2.63. The molecule has 0 bridgehead atoms. The SMILES string of the molecule is CC(=O)NCCCCCC(=O)OCC(=O)NCC1CCCCC1. The molecule has 6 nitrogen and oxygen atoms in total. The lowest BCUT2D eigenvalue weighted by Crippen LogP contribution is -2.33. The number of nitrogens with one attached hydrogen (secondary N) is 2. The number of amides is 2. The number of carbonyl (C=O) groups is 3. The van der Waals surface area contributed by atoms with E-state index in [-0.39, 0.29) is 24.4 Å². The molecular weight excluding hydrogens is 296 g/mol. The van der Waals surface area contributed by atoms with Crippen LogP contribution in [0.25, 0.3) is 0 Å². The number of ether oxygens (including phenoxy) is 1. The second-order valence-electron chi connectivity index (χ2n) is 6.26. The quantitative estimate of drug-likeness (QED) is 0.474. The van der Waals surface area contributed by atoms with Crippen molar-refractivity contribution in [3.63, 3.8) is 0 Å². The fourth-order valence-electron chi connectivity index (χ4n) is 2.75. The molecule has 1 aliphatic rings. The number of carbonyl (C=O) groups excluding carboxylic acids is 3. The van der Waals surface area contributed by atoms with Crippen molar-refractivity contribution in [3.8, 4) is 0 Å². The first-order valence-corrected chi connectivity index (χ1v) is 8.74. The molecule has 132 valence electrons. The third-order valence-electron chi connectivity index (χ3n) is 4.11. The highest BCUT2D eigenvalue weighted by Gasteiger charge is 2.14. The van der Waals surface area contributed by atoms with E-state index in [4.69, 9.17) is 4.74 Å². The molecule has 0 radical (unpaired) electrons. The fourth-order valence-corrected chi connectivity index (χ4v) is 2.75. The van der Waals surface area contributed by atoms with Crippen LogP contribution in [0.4, 0.5) is 0 Å². The molecule has 23 heavy (non-hydrogen) atoms. The third-order valence-corrected chi connectivity index (χ3v) is 4.11. The number of unbranched alkanes of at least 4 members (excludes halogenated alkanes) is 2. The summed E-state index contributed by atoms with van der Waals surface area (Å²) in [5.41, 5.74) is 0. The largest absolute Gasteiger partial charge is 0.456 e. The summed E-state index contributed by atoms with van der Waals surface area (Å²) in [5.74, 6) is -0.0115. The maximum absolute atomic E-state index is 11.6. The Hall–Kier alpha value is -1.59. The van der Waals surface area contributed by atoms with E-state index in [0.717, 1.165) is 12.8 Å². The molecule has 1 fully saturated rings. The Morgan fingerprint density at radius 3 is 2.43 bits per heavy atom. The number of hydrogen-bond acceptors (Lipinski definition) is 4. The van der Waals surface area contributed by atoms with Gasteiger partial charge in [0.2, 0.25) is 5.91 Å². The molecule has 2 amide bonds. The van der Waals surface area contributed by atoms with E-state index in [0.29, 0.717) is 31.8 Å². The minimum atomic E-state index is -0.336. The second-order valence-corrected chi connectivity index (χ2v) is 6.26. The Kier molecular flexibility index (Phi) is 10.1. The van der Waals surface area contributed by atoms with Crippen LogP contribution in [0.15, 0.2) is 0 Å². The molecule has 1 rings (SSSR count). The number of hydrogen-bond donors (Lipinski definition) is 2. The molecule has 0 atom stereocenters. The first-order chi connectivity index (χ1) is 11.1. The van der Waals surface area contributed by atoms with Crippen LogP contribution < -0.4 is 10.6 Å². The Labute approximate surface area is 138 Å². The van der Waals surface area contributed by atoms with E-state index in [9.17, 15) is 14.4 Å². The van der Waals surface area contributed by atoms with Gasteiger partial charge in [0.1, 0.15) is 0 Å². The van der Waals surface area contributed by atoms with E-state index in [1.165, 1.54) is 39.0 Å². The second kappa shape index (κ2) is 11.9. The van der Waals surface area contributed by atoms with Gasteiger partial charge in [-0.05, 0) is 31.6 Å². The molecule has 6 heteroatoms. The van der Waals surface area contributed by atoms with Crippen molar-refractivity contribution in [2.45, 2.75) is 64.7 Å². The third kappa shape index (κ3) is 10.7. The van der Waals surface area contributed by atoms with Gasteiger partial charge in [-0.3, -0.25) is 14.4 Å². The first-order valence-electron chi connectivity index (χ1n) is 8.74. The molecule has 0 spiro atoms. The molecule has 0 aromatic carbocycles. The molecule has 0 aromatic heterocycles. The summed E-state index contributed by atoms with van der Waals surface area (Å²) in [7, 11) is 0. The van der Waals surface area contributed by atoms with Gasteiger partial charge < -0.3 is 15.4 Å². The predicted molar refractivity (Wildman–Crippen MR) is 87.7 cm³/mol. The maximum atomic E-state index is 11.6. The Balaban J connectivity index is 1.95. The van der Waals surface area contributed by atoms with Crippen LogP contribution >= 0.6 is 0 Å². The molecular formula is C17H30N2O4. The van der Waals surface area contributed by atoms with Crippen molar-refractivity contribution in [3.05, 3.63) is 0 Å². The molecule has 2 N–H and O–H groups in total. The van der Waals surface area contributed by atoms with Gasteiger partial charge in [0, 0.05) is 26.4 Å². The Morgan fingerprint density at radius 2 is 1.74 bits per heavy atom. The lowest BCUT2D eigenvalue weighted by atomic mass is 9.89. The van der Waals surface area contributed by atoms with Crippen LogP contribution in [0, 0.1) is 5.92 Å². The van der Waals surface area contributed by atoms with Crippen molar-refractivity contribution in [2.24, 2.45) is 5.92 Å². The lowest BCUT2D eigenvalue weighted by molar-refractivity contribution is -0.148. The van der Waals surface area contributed by atoms with E-state index in [1.54, 1.807) is 0 Å². The van der Waals surface area contributed by atoms with Crippen LogP contribution in [-0.4, -0.2) is 37.5 Å². The Bertz CT molecular complexity index is 379. The highest BCUT2D eigenvalue weighted by molar-refractivity contribution is 5.80. The summed E-state index contributed by atoms with van der Waals surface area (Å²) < 4.78 is 4.97. The van der Waals surface area contributed by atoms with Crippen molar-refractivity contribution >= 4 is 17.8 Å². The van der Waals surface area contributed by atoms with Crippen LogP contribution in [-0.2, 0) is 19.1 Å². The van der Waals surface area contributed by atoms with Crippen molar-refractivity contribution in [1.82, 2.24) is 10.6 Å². The smallest absolute Gasteiger partial charge is 0.306 e. The highest BCUT2D eigenvalue weighted by Crippen LogP contribution is 2.22. The standard InChI is InChI=1S/C17H30N2O4/c1-14(20)18-11-7-3-6-10-17(22)23-13-16(21)19-12-15-8-4-2-5-9-15/h15H,2-13H2,1H3,(H,18,20)(H,19,21). The Morgan fingerprint density at radius 1 is 1.00 bits per heavy atom. The first kappa shape index (κ1) is 19.5. The number of esters is 1. The van der Waals surface area contributed by atoms with Crippen molar-refractivity contribution < 1.29 is 19.1 Å². The fraction of sp³-hybridized carbons (Fsp3) is 0.824. The van der Waals surface area contributed by atoms with E-state index in [1.807, 2.05) is 0 Å². The minimum Gasteiger partial charge on any atom is -0.456 e. The summed E-state index contributed by atoms with van der Waals surface area (Å²) >= 11 is 0. The lowest BCUT2D eigenvalue weighted by Gasteiger charge is -2.21. The summed E-state index contributed by atoms with van der Waals surface area (Å²) in [6.07, 6.45) is 8.87. The van der Waals surface area contributed by atoms with Gasteiger partial charge in [0.05, 0.1) is 0 Å².